The number of hydrogen-bond donors (Lipinski definition) is 1. The van der Waals surface area contributed by atoms with Crippen molar-refractivity contribution in [2.75, 3.05) is 0 Å². The Kier molecular flexibility index (Phi) is 5.53. The van der Waals surface area contributed by atoms with Crippen molar-refractivity contribution in [3.63, 3.8) is 0 Å². The maximum absolute atomic E-state index is 4.15. The summed E-state index contributed by atoms with van der Waals surface area (Å²) in [5.74, 6) is 1.35. The third-order valence-corrected chi connectivity index (χ3v) is 8.26. The predicted octanol–water partition coefficient (Wildman–Crippen LogP) is 5.59. The minimum Gasteiger partial charge on any atom is -0.331 e. The van der Waals surface area contributed by atoms with Crippen LogP contribution in [0.1, 0.15) is 66.2 Å². The summed E-state index contributed by atoms with van der Waals surface area (Å²) in [7, 11) is -1.55. The van der Waals surface area contributed by atoms with Crippen LogP contribution >= 0.6 is 0 Å². The predicted molar refractivity (Wildman–Crippen MR) is 96.9 cm³/mol. The lowest BCUT2D eigenvalue weighted by Crippen LogP contribution is -2.53. The molecule has 2 aliphatic carbocycles. The van der Waals surface area contributed by atoms with Gasteiger partial charge in [0.1, 0.15) is 0 Å². The van der Waals surface area contributed by atoms with Gasteiger partial charge >= 0.3 is 0 Å². The lowest BCUT2D eigenvalue weighted by Gasteiger charge is -2.36. The van der Waals surface area contributed by atoms with E-state index in [1.165, 1.54) is 38.5 Å². The Balaban J connectivity index is 2.24. The minimum absolute atomic E-state index is 0.663. The Labute approximate surface area is 133 Å². The van der Waals surface area contributed by atoms with Crippen LogP contribution in [0.5, 0.6) is 0 Å². The van der Waals surface area contributed by atoms with Gasteiger partial charge in [0.05, 0.1) is 0 Å². The average Bonchev–Trinajstić information content (AvgIpc) is 2.85. The molecule has 1 N–H and O–H groups in total. The molecule has 1 fully saturated rings. The first-order valence-electron chi connectivity index (χ1n) is 9.04. The Morgan fingerprint density at radius 2 is 1.62 bits per heavy atom. The second-order valence-corrected chi connectivity index (χ2v) is 12.2. The van der Waals surface area contributed by atoms with Crippen LogP contribution in [0.15, 0.2) is 22.4 Å². The van der Waals surface area contributed by atoms with Gasteiger partial charge < -0.3 is 4.98 Å². The quantitative estimate of drug-likeness (QED) is 0.653. The molecule has 0 spiro atoms. The van der Waals surface area contributed by atoms with Crippen LogP contribution in [-0.2, 0) is 0 Å². The van der Waals surface area contributed by atoms with E-state index >= 15 is 0 Å². The highest BCUT2D eigenvalue weighted by atomic mass is 28.3. The molecule has 0 aromatic heterocycles. The molecule has 1 nitrogen and oxygen atoms in total. The fraction of sp³-hybridized carbons (Fsp3) is 0.789. The van der Waals surface area contributed by atoms with Crippen LogP contribution in [0.3, 0.4) is 0 Å². The molecule has 0 atom stereocenters. The van der Waals surface area contributed by atoms with Gasteiger partial charge in [-0.05, 0) is 41.9 Å². The van der Waals surface area contributed by atoms with Crippen LogP contribution in [0, 0.1) is 11.8 Å². The van der Waals surface area contributed by atoms with Gasteiger partial charge in [0.25, 0.3) is 0 Å². The van der Waals surface area contributed by atoms with E-state index in [-0.39, 0.29) is 0 Å². The Bertz CT molecular complexity index is 423. The van der Waals surface area contributed by atoms with Crippen LogP contribution in [0.2, 0.25) is 13.1 Å². The molecule has 0 aromatic carbocycles. The molecular formula is C19H35NSi. The summed E-state index contributed by atoms with van der Waals surface area (Å²) in [5, 5.41) is 1.76. The molecule has 2 aliphatic rings. The lowest BCUT2D eigenvalue weighted by molar-refractivity contribution is 0.414. The molecule has 21 heavy (non-hydrogen) atoms. The maximum atomic E-state index is 4.15. The first kappa shape index (κ1) is 17.0. The molecule has 0 radical (unpaired) electrons. The van der Waals surface area contributed by atoms with Gasteiger partial charge in [-0.2, -0.15) is 0 Å². The smallest absolute Gasteiger partial charge is 0.152 e. The molecule has 120 valence electrons. The van der Waals surface area contributed by atoms with Crippen LogP contribution < -0.4 is 4.98 Å². The molecule has 0 aliphatic heterocycles. The Morgan fingerprint density at radius 3 is 2.14 bits per heavy atom. The highest BCUT2D eigenvalue weighted by Crippen LogP contribution is 2.40. The summed E-state index contributed by atoms with van der Waals surface area (Å²) in [6.07, 6.45) is 10.8. The molecule has 0 aromatic rings. The largest absolute Gasteiger partial charge is 0.331 e. The van der Waals surface area contributed by atoms with E-state index < -0.39 is 8.24 Å². The Hall–Kier alpha value is -0.343. The fourth-order valence-corrected chi connectivity index (χ4v) is 8.01. The zero-order valence-corrected chi connectivity index (χ0v) is 16.1. The van der Waals surface area contributed by atoms with E-state index in [1.54, 1.807) is 16.3 Å². The summed E-state index contributed by atoms with van der Waals surface area (Å²) in [4.78, 5) is 4.15. The zero-order chi connectivity index (χ0) is 15.6. The van der Waals surface area contributed by atoms with E-state index in [1.807, 2.05) is 0 Å². The Morgan fingerprint density at radius 1 is 1.00 bits per heavy atom. The molecule has 2 heteroatoms. The van der Waals surface area contributed by atoms with Crippen molar-refractivity contribution in [3.05, 3.63) is 22.4 Å². The van der Waals surface area contributed by atoms with E-state index in [0.717, 1.165) is 6.04 Å². The standard InChI is InChI=1S/C19H35NSi/c1-14(2)17-12-13-18(15(3)4)19(17)21(5,6)20-16-10-8-7-9-11-16/h12,14-16,20H,7-11,13H2,1-6H3. The summed E-state index contributed by atoms with van der Waals surface area (Å²) in [6.45, 7) is 14.6. The van der Waals surface area contributed by atoms with Gasteiger partial charge in [-0.25, -0.2) is 0 Å². The molecule has 2 rings (SSSR count). The minimum atomic E-state index is -1.55. The lowest BCUT2D eigenvalue weighted by atomic mass is 9.96. The second-order valence-electron chi connectivity index (χ2n) is 8.18. The van der Waals surface area contributed by atoms with Crippen molar-refractivity contribution < 1.29 is 0 Å². The summed E-state index contributed by atoms with van der Waals surface area (Å²) in [5.41, 5.74) is 3.37. The van der Waals surface area contributed by atoms with Gasteiger partial charge in [-0.1, -0.05) is 71.7 Å². The highest BCUT2D eigenvalue weighted by molar-refractivity contribution is 6.83. The van der Waals surface area contributed by atoms with E-state index in [9.17, 15) is 0 Å². The molecule has 0 saturated heterocycles. The van der Waals surface area contributed by atoms with Crippen LogP contribution in [0.25, 0.3) is 0 Å². The van der Waals surface area contributed by atoms with Crippen molar-refractivity contribution in [1.82, 2.24) is 4.98 Å². The van der Waals surface area contributed by atoms with E-state index in [2.05, 4.69) is 51.8 Å². The van der Waals surface area contributed by atoms with Gasteiger partial charge in [0.15, 0.2) is 8.24 Å². The van der Waals surface area contributed by atoms with Gasteiger partial charge in [-0.3, -0.25) is 0 Å². The van der Waals surface area contributed by atoms with Gasteiger partial charge in [0, 0.05) is 6.04 Å². The molecule has 0 heterocycles. The molecule has 0 bridgehead atoms. The van der Waals surface area contributed by atoms with E-state index in [4.69, 9.17) is 0 Å². The first-order chi connectivity index (χ1) is 9.83. The summed E-state index contributed by atoms with van der Waals surface area (Å²) >= 11 is 0. The monoisotopic (exact) mass is 305 g/mol. The van der Waals surface area contributed by atoms with Crippen molar-refractivity contribution in [1.29, 1.82) is 0 Å². The maximum Gasteiger partial charge on any atom is 0.152 e. The molecular weight excluding hydrogens is 270 g/mol. The SMILES string of the molecule is CC(C)C1=CCC(C(C)C)=C1[Si](C)(C)NC1CCCCC1. The number of hydrogen-bond acceptors (Lipinski definition) is 1. The molecule has 0 unspecified atom stereocenters. The van der Waals surface area contributed by atoms with Crippen LogP contribution in [0.4, 0.5) is 0 Å². The van der Waals surface area contributed by atoms with Crippen molar-refractivity contribution in [2.45, 2.75) is 85.4 Å². The molecule has 1 saturated carbocycles. The van der Waals surface area contributed by atoms with E-state index in [0.29, 0.717) is 11.8 Å². The first-order valence-corrected chi connectivity index (χ1v) is 12.0. The normalized spacial score (nSPS) is 21.6. The number of nitrogens with one attached hydrogen (secondary N) is 1. The van der Waals surface area contributed by atoms with Gasteiger partial charge in [-0.15, -0.1) is 0 Å². The van der Waals surface area contributed by atoms with Crippen molar-refractivity contribution in [3.8, 4) is 0 Å². The summed E-state index contributed by atoms with van der Waals surface area (Å²) in [6, 6.07) is 0.773. The van der Waals surface area contributed by atoms with Crippen molar-refractivity contribution >= 4 is 8.24 Å². The van der Waals surface area contributed by atoms with Gasteiger partial charge in [0.2, 0.25) is 0 Å². The van der Waals surface area contributed by atoms with Crippen LogP contribution in [-0.4, -0.2) is 14.3 Å². The number of rotatable bonds is 5. The second kappa shape index (κ2) is 6.83. The third kappa shape index (κ3) is 3.90. The average molecular weight is 306 g/mol. The summed E-state index contributed by atoms with van der Waals surface area (Å²) < 4.78 is 0. The topological polar surface area (TPSA) is 12.0 Å². The zero-order valence-electron chi connectivity index (χ0n) is 15.1. The third-order valence-electron chi connectivity index (χ3n) is 5.27. The number of allylic oxidation sites excluding steroid dienone is 4. The van der Waals surface area contributed by atoms with Crippen molar-refractivity contribution in [2.24, 2.45) is 11.8 Å². The fourth-order valence-electron chi connectivity index (χ4n) is 4.25. The highest BCUT2D eigenvalue weighted by Gasteiger charge is 2.36. The molecule has 0 amide bonds.